The van der Waals surface area contributed by atoms with Gasteiger partial charge in [-0.15, -0.1) is 0 Å². The first kappa shape index (κ1) is 16.9. The normalized spacial score (nSPS) is 18.4. The Morgan fingerprint density at radius 3 is 2.33 bits per heavy atom. The zero-order valence-electron chi connectivity index (χ0n) is 14.1. The van der Waals surface area contributed by atoms with E-state index in [-0.39, 0.29) is 5.82 Å². The highest BCUT2D eigenvalue weighted by Gasteiger charge is 2.26. The molecule has 0 amide bonds. The van der Waals surface area contributed by atoms with Crippen molar-refractivity contribution < 1.29 is 9.50 Å². The van der Waals surface area contributed by atoms with E-state index in [1.807, 2.05) is 6.07 Å². The molecular weight excluding hydrogens is 303 g/mol. The van der Waals surface area contributed by atoms with Gasteiger partial charge in [0.15, 0.2) is 0 Å². The largest absolute Gasteiger partial charge is 0.384 e. The lowest BCUT2D eigenvalue weighted by Crippen LogP contribution is -2.46. The molecule has 0 bridgehead atoms. The molecule has 0 aliphatic carbocycles. The Bertz CT molecular complexity index is 634. The van der Waals surface area contributed by atoms with Crippen LogP contribution in [-0.4, -0.2) is 30.8 Å². The average Bonchev–Trinajstić information content (AvgIpc) is 2.62. The van der Waals surface area contributed by atoms with Gasteiger partial charge in [-0.1, -0.05) is 30.3 Å². The number of para-hydroxylation sites is 1. The fraction of sp³-hybridized carbons (Fsp3) is 0.400. The summed E-state index contributed by atoms with van der Waals surface area (Å²) in [6.07, 6.45) is 2.10. The lowest BCUT2D eigenvalue weighted by molar-refractivity contribution is 0.0527. The van der Waals surface area contributed by atoms with Gasteiger partial charge in [0.1, 0.15) is 5.82 Å². The summed E-state index contributed by atoms with van der Waals surface area (Å²) < 4.78 is 13.0. The molecular formula is C20H25FN2O. The quantitative estimate of drug-likeness (QED) is 0.884. The second-order valence-corrected chi connectivity index (χ2v) is 6.76. The molecule has 1 aliphatic rings. The minimum Gasteiger partial charge on any atom is -0.384 e. The second kappa shape index (κ2) is 7.32. The van der Waals surface area contributed by atoms with Crippen molar-refractivity contribution in [2.24, 2.45) is 0 Å². The average molecular weight is 328 g/mol. The third-order valence-corrected chi connectivity index (χ3v) is 4.82. The van der Waals surface area contributed by atoms with Gasteiger partial charge in [0.25, 0.3) is 0 Å². The van der Waals surface area contributed by atoms with Gasteiger partial charge in [-0.05, 0) is 49.6 Å². The Morgan fingerprint density at radius 2 is 1.71 bits per heavy atom. The summed E-state index contributed by atoms with van der Waals surface area (Å²) in [4.78, 5) is 2.40. The van der Waals surface area contributed by atoms with Crippen LogP contribution in [0.1, 0.15) is 25.3 Å². The maximum Gasteiger partial charge on any atom is 0.123 e. The summed E-state index contributed by atoms with van der Waals surface area (Å²) in [5, 5.41) is 14.1. The highest BCUT2D eigenvalue weighted by Crippen LogP contribution is 2.22. The number of rotatable bonds is 5. The van der Waals surface area contributed by atoms with Gasteiger partial charge in [-0.25, -0.2) is 4.39 Å². The molecule has 3 rings (SSSR count). The zero-order valence-corrected chi connectivity index (χ0v) is 14.1. The van der Waals surface area contributed by atoms with Crippen molar-refractivity contribution in [2.45, 2.75) is 31.4 Å². The number of benzene rings is 2. The number of aliphatic hydroxyl groups is 1. The minimum absolute atomic E-state index is 0.282. The first-order valence-corrected chi connectivity index (χ1v) is 8.56. The Kier molecular flexibility index (Phi) is 5.17. The van der Waals surface area contributed by atoms with E-state index in [4.69, 9.17) is 0 Å². The van der Waals surface area contributed by atoms with Crippen molar-refractivity contribution in [3.05, 3.63) is 66.0 Å². The molecule has 1 fully saturated rings. The molecule has 2 N–H and O–H groups in total. The molecule has 1 atom stereocenters. The van der Waals surface area contributed by atoms with Crippen LogP contribution in [0, 0.1) is 5.82 Å². The number of hydrogen-bond acceptors (Lipinski definition) is 3. The van der Waals surface area contributed by atoms with Gasteiger partial charge < -0.3 is 15.3 Å². The fourth-order valence-electron chi connectivity index (χ4n) is 3.23. The van der Waals surface area contributed by atoms with Crippen LogP contribution >= 0.6 is 0 Å². The van der Waals surface area contributed by atoms with E-state index in [0.717, 1.165) is 31.5 Å². The van der Waals surface area contributed by atoms with Crippen LogP contribution < -0.4 is 10.2 Å². The summed E-state index contributed by atoms with van der Waals surface area (Å²) in [5.41, 5.74) is 1.01. The molecule has 128 valence electrons. The monoisotopic (exact) mass is 328 g/mol. The van der Waals surface area contributed by atoms with E-state index in [1.54, 1.807) is 19.1 Å². The van der Waals surface area contributed by atoms with Crippen LogP contribution in [0.4, 0.5) is 10.1 Å². The summed E-state index contributed by atoms with van der Waals surface area (Å²) in [6, 6.07) is 16.9. The van der Waals surface area contributed by atoms with Crippen molar-refractivity contribution >= 4 is 5.69 Å². The maximum absolute atomic E-state index is 13.0. The van der Waals surface area contributed by atoms with Crippen molar-refractivity contribution in [3.8, 4) is 0 Å². The number of nitrogens with one attached hydrogen (secondary N) is 1. The van der Waals surface area contributed by atoms with Gasteiger partial charge in [-0.3, -0.25) is 0 Å². The predicted octanol–water partition coefficient (Wildman–Crippen LogP) is 3.29. The highest BCUT2D eigenvalue weighted by molar-refractivity contribution is 5.46. The van der Waals surface area contributed by atoms with Crippen molar-refractivity contribution in [1.29, 1.82) is 0 Å². The van der Waals surface area contributed by atoms with E-state index >= 15 is 0 Å². The predicted molar refractivity (Wildman–Crippen MR) is 95.7 cm³/mol. The van der Waals surface area contributed by atoms with Gasteiger partial charge in [-0.2, -0.15) is 0 Å². The van der Waals surface area contributed by atoms with Crippen LogP contribution in [0.15, 0.2) is 54.6 Å². The molecule has 0 saturated carbocycles. The minimum atomic E-state index is -0.996. The van der Waals surface area contributed by atoms with E-state index in [0.29, 0.717) is 12.6 Å². The zero-order chi connectivity index (χ0) is 17.0. The second-order valence-electron chi connectivity index (χ2n) is 6.76. The Labute approximate surface area is 143 Å². The lowest BCUT2D eigenvalue weighted by atomic mass is 9.95. The fourth-order valence-corrected chi connectivity index (χ4v) is 3.23. The Balaban J connectivity index is 1.50. The third kappa shape index (κ3) is 4.13. The molecule has 0 aromatic heterocycles. The van der Waals surface area contributed by atoms with Gasteiger partial charge in [0.05, 0.1) is 5.60 Å². The Hall–Kier alpha value is -1.91. The molecule has 0 unspecified atom stereocenters. The summed E-state index contributed by atoms with van der Waals surface area (Å²) in [7, 11) is 0. The standard InChI is InChI=1S/C20H25FN2O/c1-20(24,16-7-9-17(21)10-8-16)15-22-18-11-13-23(14-12-18)19-5-3-2-4-6-19/h2-10,18,22,24H,11-15H2,1H3/t20-/m1/s1. The SMILES string of the molecule is C[C@@](O)(CNC1CCN(c2ccccc2)CC1)c1ccc(F)cc1. The lowest BCUT2D eigenvalue weighted by Gasteiger charge is -2.35. The molecule has 4 heteroatoms. The first-order chi connectivity index (χ1) is 11.5. The van der Waals surface area contributed by atoms with E-state index in [2.05, 4.69) is 34.5 Å². The number of piperidine rings is 1. The van der Waals surface area contributed by atoms with Gasteiger partial charge in [0.2, 0.25) is 0 Å². The molecule has 0 radical (unpaired) electrons. The smallest absolute Gasteiger partial charge is 0.123 e. The topological polar surface area (TPSA) is 35.5 Å². The summed E-state index contributed by atoms with van der Waals surface area (Å²) >= 11 is 0. The van der Waals surface area contributed by atoms with Crippen LogP contribution in [0.2, 0.25) is 0 Å². The van der Waals surface area contributed by atoms with Crippen LogP contribution in [-0.2, 0) is 5.60 Å². The number of anilines is 1. The molecule has 1 saturated heterocycles. The van der Waals surface area contributed by atoms with Crippen LogP contribution in [0.25, 0.3) is 0 Å². The van der Waals surface area contributed by atoms with E-state index < -0.39 is 5.60 Å². The number of nitrogens with zero attached hydrogens (tertiary/aromatic N) is 1. The van der Waals surface area contributed by atoms with Crippen molar-refractivity contribution in [3.63, 3.8) is 0 Å². The van der Waals surface area contributed by atoms with E-state index in [1.165, 1.54) is 17.8 Å². The Morgan fingerprint density at radius 1 is 1.08 bits per heavy atom. The highest BCUT2D eigenvalue weighted by atomic mass is 19.1. The molecule has 2 aromatic carbocycles. The summed E-state index contributed by atoms with van der Waals surface area (Å²) in [6.45, 7) is 4.27. The molecule has 24 heavy (non-hydrogen) atoms. The molecule has 0 spiro atoms. The van der Waals surface area contributed by atoms with Crippen LogP contribution in [0.3, 0.4) is 0 Å². The summed E-state index contributed by atoms with van der Waals surface area (Å²) in [5.74, 6) is -0.282. The number of hydrogen-bond donors (Lipinski definition) is 2. The van der Waals surface area contributed by atoms with Gasteiger partial charge >= 0.3 is 0 Å². The van der Waals surface area contributed by atoms with Crippen molar-refractivity contribution in [2.75, 3.05) is 24.5 Å². The molecule has 3 nitrogen and oxygen atoms in total. The van der Waals surface area contributed by atoms with Crippen molar-refractivity contribution in [1.82, 2.24) is 5.32 Å². The van der Waals surface area contributed by atoms with E-state index in [9.17, 15) is 9.50 Å². The molecule has 1 aliphatic heterocycles. The third-order valence-electron chi connectivity index (χ3n) is 4.82. The first-order valence-electron chi connectivity index (χ1n) is 8.56. The molecule has 1 heterocycles. The van der Waals surface area contributed by atoms with Gasteiger partial charge in [0, 0.05) is 31.4 Å². The molecule has 2 aromatic rings. The maximum atomic E-state index is 13.0. The number of halogens is 1. The van der Waals surface area contributed by atoms with Crippen LogP contribution in [0.5, 0.6) is 0 Å².